The minimum Gasteiger partial charge on any atom is -0.0810 e. The molecule has 0 spiro atoms. The lowest BCUT2D eigenvalue weighted by atomic mass is 10.0. The van der Waals surface area contributed by atoms with Gasteiger partial charge in [0.05, 0.1) is 4.86 Å². The molecule has 0 aliphatic heterocycles. The Morgan fingerprint density at radius 2 is 1.05 bits per heavy atom. The average Bonchev–Trinajstić information content (AvgIpc) is 2.46. The van der Waals surface area contributed by atoms with Crippen molar-refractivity contribution in [1.29, 1.82) is 0 Å². The van der Waals surface area contributed by atoms with Crippen molar-refractivity contribution < 1.29 is 0 Å². The van der Waals surface area contributed by atoms with Crippen molar-refractivity contribution in [2.45, 2.75) is 0 Å². The lowest BCUT2D eigenvalue weighted by Crippen LogP contribution is -2.19. The van der Waals surface area contributed by atoms with E-state index in [0.717, 1.165) is 4.86 Å². The van der Waals surface area contributed by atoms with E-state index < -0.39 is 0 Å². The van der Waals surface area contributed by atoms with Gasteiger partial charge in [-0.25, -0.2) is 0 Å². The van der Waals surface area contributed by atoms with E-state index in [0.29, 0.717) is 0 Å². The van der Waals surface area contributed by atoms with Gasteiger partial charge in [-0.05, 0) is 37.3 Å². The third-order valence-corrected chi connectivity index (χ3v) is 6.41. The molecular formula is C17H20P2S. The summed E-state index contributed by atoms with van der Waals surface area (Å²) < 4.78 is 0. The highest BCUT2D eigenvalue weighted by molar-refractivity contribution is 7.81. The van der Waals surface area contributed by atoms with Crippen molar-refractivity contribution in [3.63, 3.8) is 0 Å². The smallest absolute Gasteiger partial charge is 0.0534 e. The molecule has 0 amide bonds. The quantitative estimate of drug-likeness (QED) is 0.463. The first-order valence-electron chi connectivity index (χ1n) is 6.59. The Morgan fingerprint density at radius 1 is 0.700 bits per heavy atom. The molecule has 0 nitrogen and oxygen atoms in total. The Labute approximate surface area is 130 Å². The first-order chi connectivity index (χ1) is 9.52. The van der Waals surface area contributed by atoms with Gasteiger partial charge in [-0.3, -0.25) is 0 Å². The van der Waals surface area contributed by atoms with E-state index in [1.807, 2.05) is 0 Å². The van der Waals surface area contributed by atoms with Crippen LogP contribution in [0.4, 0.5) is 0 Å². The zero-order valence-corrected chi connectivity index (χ0v) is 15.0. The normalized spacial score (nSPS) is 11.1. The first-order valence-corrected chi connectivity index (χ1v) is 11.5. The van der Waals surface area contributed by atoms with Crippen molar-refractivity contribution in [2.24, 2.45) is 0 Å². The van der Waals surface area contributed by atoms with Crippen LogP contribution in [0.3, 0.4) is 0 Å². The van der Waals surface area contributed by atoms with Crippen LogP contribution in [-0.2, 0) is 0 Å². The predicted molar refractivity (Wildman–Crippen MR) is 100 cm³/mol. The molecule has 0 saturated carbocycles. The van der Waals surface area contributed by atoms with Crippen LogP contribution in [0.5, 0.6) is 0 Å². The molecule has 0 unspecified atom stereocenters. The van der Waals surface area contributed by atoms with E-state index in [1.165, 1.54) is 21.7 Å². The summed E-state index contributed by atoms with van der Waals surface area (Å²) in [5, 5.41) is 2.80. The minimum atomic E-state index is -0.146. The van der Waals surface area contributed by atoms with Crippen LogP contribution in [0.2, 0.25) is 0 Å². The molecule has 0 aliphatic carbocycles. The molecule has 2 aromatic carbocycles. The van der Waals surface area contributed by atoms with Crippen molar-refractivity contribution in [1.82, 2.24) is 0 Å². The summed E-state index contributed by atoms with van der Waals surface area (Å²) >= 11 is 5.82. The zero-order chi connectivity index (χ0) is 14.7. The largest absolute Gasteiger partial charge is 0.0810 e. The first kappa shape index (κ1) is 15.8. The summed E-state index contributed by atoms with van der Waals surface area (Å²) in [7, 11) is -0.293. The molecule has 0 N–H and O–H groups in total. The van der Waals surface area contributed by atoms with Crippen LogP contribution in [0.15, 0.2) is 48.5 Å². The maximum Gasteiger partial charge on any atom is 0.0534 e. The Hall–Kier alpha value is -0.610. The van der Waals surface area contributed by atoms with Gasteiger partial charge in [0.15, 0.2) is 0 Å². The molecule has 0 heterocycles. The molecule has 0 fully saturated rings. The summed E-state index contributed by atoms with van der Waals surface area (Å²) in [5.74, 6) is 0. The average molecular weight is 318 g/mol. The third kappa shape index (κ3) is 3.34. The fraction of sp³-hybridized carbons (Fsp3) is 0.235. The molecule has 0 radical (unpaired) electrons. The highest BCUT2D eigenvalue weighted by Crippen LogP contribution is 2.29. The van der Waals surface area contributed by atoms with E-state index >= 15 is 0 Å². The molecule has 3 heteroatoms. The predicted octanol–water partition coefficient (Wildman–Crippen LogP) is 4.19. The maximum atomic E-state index is 5.82. The van der Waals surface area contributed by atoms with Crippen LogP contribution >= 0.6 is 28.1 Å². The van der Waals surface area contributed by atoms with Gasteiger partial charge in [0.2, 0.25) is 0 Å². The highest BCUT2D eigenvalue weighted by atomic mass is 32.1. The summed E-state index contributed by atoms with van der Waals surface area (Å²) in [4.78, 5) is 1.00. The van der Waals surface area contributed by atoms with Crippen LogP contribution in [-0.4, -0.2) is 31.5 Å². The lowest BCUT2D eigenvalue weighted by Gasteiger charge is -2.17. The van der Waals surface area contributed by atoms with E-state index in [9.17, 15) is 0 Å². The summed E-state index contributed by atoms with van der Waals surface area (Å²) in [5.41, 5.74) is 2.48. The molecule has 2 aromatic rings. The van der Waals surface area contributed by atoms with E-state index in [2.05, 4.69) is 75.2 Å². The Balaban J connectivity index is 2.53. The molecule has 20 heavy (non-hydrogen) atoms. The molecule has 0 aromatic heterocycles. The second kappa shape index (κ2) is 6.90. The Morgan fingerprint density at radius 3 is 1.40 bits per heavy atom. The van der Waals surface area contributed by atoms with E-state index in [-0.39, 0.29) is 15.8 Å². The number of hydrogen-bond donors (Lipinski definition) is 0. The van der Waals surface area contributed by atoms with Gasteiger partial charge >= 0.3 is 0 Å². The van der Waals surface area contributed by atoms with E-state index in [1.54, 1.807) is 0 Å². The highest BCUT2D eigenvalue weighted by Gasteiger charge is 2.15. The van der Waals surface area contributed by atoms with Gasteiger partial charge in [-0.2, -0.15) is 0 Å². The van der Waals surface area contributed by atoms with Crippen LogP contribution in [0, 0.1) is 0 Å². The van der Waals surface area contributed by atoms with Gasteiger partial charge in [0.1, 0.15) is 0 Å². The van der Waals surface area contributed by atoms with Crippen molar-refractivity contribution in [2.75, 3.05) is 26.7 Å². The van der Waals surface area contributed by atoms with Gasteiger partial charge in [0, 0.05) is 11.1 Å². The summed E-state index contributed by atoms with van der Waals surface area (Å²) in [6.07, 6.45) is 0. The number of rotatable bonds is 4. The van der Waals surface area contributed by atoms with Gasteiger partial charge < -0.3 is 0 Å². The van der Waals surface area contributed by atoms with Gasteiger partial charge in [-0.15, -0.1) is 0 Å². The molecule has 0 atom stereocenters. The lowest BCUT2D eigenvalue weighted by molar-refractivity contribution is 1.67. The number of hydrogen-bond acceptors (Lipinski definition) is 1. The fourth-order valence-corrected chi connectivity index (χ4v) is 4.87. The molecule has 0 saturated heterocycles. The van der Waals surface area contributed by atoms with Crippen LogP contribution < -0.4 is 10.6 Å². The standard InChI is InChI=1S/C17H20P2S/c1-18(2)15-11-7-5-9-13(15)17(20)14-10-6-8-12-16(14)19(3)4/h5-12H,1-4H3. The van der Waals surface area contributed by atoms with Gasteiger partial charge in [-0.1, -0.05) is 76.6 Å². The Bertz CT molecular complexity index is 564. The van der Waals surface area contributed by atoms with Crippen molar-refractivity contribution >= 4 is 43.5 Å². The zero-order valence-electron chi connectivity index (χ0n) is 12.4. The second-order valence-corrected chi connectivity index (χ2v) is 10.1. The van der Waals surface area contributed by atoms with E-state index in [4.69, 9.17) is 12.2 Å². The molecule has 0 bridgehead atoms. The molecular weight excluding hydrogens is 298 g/mol. The monoisotopic (exact) mass is 318 g/mol. The molecule has 0 aliphatic rings. The third-order valence-electron chi connectivity index (χ3n) is 3.26. The maximum absolute atomic E-state index is 5.82. The number of benzene rings is 2. The van der Waals surface area contributed by atoms with Crippen LogP contribution in [0.1, 0.15) is 11.1 Å². The SMILES string of the molecule is CP(C)c1ccccc1C(=S)c1ccccc1P(C)C. The molecule has 104 valence electrons. The second-order valence-electron chi connectivity index (χ2n) is 5.15. The fourth-order valence-electron chi connectivity index (χ4n) is 2.26. The summed E-state index contributed by atoms with van der Waals surface area (Å²) in [6, 6.07) is 17.2. The van der Waals surface area contributed by atoms with Gasteiger partial charge in [0.25, 0.3) is 0 Å². The topological polar surface area (TPSA) is 0 Å². The summed E-state index contributed by atoms with van der Waals surface area (Å²) in [6.45, 7) is 9.15. The van der Waals surface area contributed by atoms with Crippen molar-refractivity contribution in [3.8, 4) is 0 Å². The van der Waals surface area contributed by atoms with Crippen molar-refractivity contribution in [3.05, 3.63) is 59.7 Å². The van der Waals surface area contributed by atoms with Crippen LogP contribution in [0.25, 0.3) is 0 Å². The number of thiocarbonyl (C=S) groups is 1. The minimum absolute atomic E-state index is 0.146. The molecule has 2 rings (SSSR count). The Kier molecular flexibility index (Phi) is 5.44.